The maximum Gasteiger partial charge on any atom is 0.422 e. The molecule has 2 fully saturated rings. The van der Waals surface area contributed by atoms with Crippen molar-refractivity contribution in [3.63, 3.8) is 0 Å². The first-order chi connectivity index (χ1) is 8.52. The fourth-order valence-corrected chi connectivity index (χ4v) is 2.75. The number of aromatic nitrogens is 1. The molecule has 1 saturated carbocycles. The highest BCUT2D eigenvalue weighted by Crippen LogP contribution is 2.33. The third kappa shape index (κ3) is 2.16. The molecule has 2 bridgehead atoms. The highest BCUT2D eigenvalue weighted by Gasteiger charge is 2.41. The van der Waals surface area contributed by atoms with Gasteiger partial charge in [-0.05, 0) is 31.4 Å². The van der Waals surface area contributed by atoms with Crippen molar-refractivity contribution < 1.29 is 22.9 Å². The van der Waals surface area contributed by atoms with Crippen LogP contribution in [0, 0.1) is 5.92 Å². The van der Waals surface area contributed by atoms with Gasteiger partial charge in [-0.1, -0.05) is 0 Å². The van der Waals surface area contributed by atoms with Gasteiger partial charge in [-0.2, -0.15) is 18.2 Å². The van der Waals surface area contributed by atoms with Gasteiger partial charge in [0.2, 0.25) is 0 Å². The Hall–Kier alpha value is -1.30. The SMILES string of the molecule is FC(F)(F)c1ccc(O[C@@H]2C[C@@H]3CN[C@H]2C3)[nH+]c1. The van der Waals surface area contributed by atoms with Crippen molar-refractivity contribution in [3.05, 3.63) is 23.9 Å². The average Bonchev–Trinajstić information content (AvgIpc) is 2.90. The van der Waals surface area contributed by atoms with Gasteiger partial charge in [0.05, 0.1) is 6.07 Å². The van der Waals surface area contributed by atoms with Crippen LogP contribution >= 0.6 is 0 Å². The Bertz CT molecular complexity index is 432. The van der Waals surface area contributed by atoms with Gasteiger partial charge in [0.1, 0.15) is 11.7 Å². The van der Waals surface area contributed by atoms with Gasteiger partial charge in [0, 0.05) is 6.04 Å². The molecule has 2 N–H and O–H groups in total. The second kappa shape index (κ2) is 4.12. The predicted octanol–water partition coefficient (Wildman–Crippen LogP) is 1.65. The molecule has 1 aliphatic carbocycles. The van der Waals surface area contributed by atoms with E-state index in [0.29, 0.717) is 17.8 Å². The summed E-state index contributed by atoms with van der Waals surface area (Å²) >= 11 is 0. The van der Waals surface area contributed by atoms with Crippen LogP contribution in [-0.2, 0) is 6.18 Å². The topological polar surface area (TPSA) is 35.4 Å². The first kappa shape index (κ1) is 11.8. The Morgan fingerprint density at radius 1 is 1.28 bits per heavy atom. The van der Waals surface area contributed by atoms with E-state index in [1.165, 1.54) is 6.07 Å². The molecule has 1 saturated heterocycles. The molecule has 3 atom stereocenters. The Morgan fingerprint density at radius 3 is 2.61 bits per heavy atom. The molecule has 0 radical (unpaired) electrons. The van der Waals surface area contributed by atoms with Crippen LogP contribution in [0.1, 0.15) is 18.4 Å². The van der Waals surface area contributed by atoms with E-state index in [9.17, 15) is 13.2 Å². The van der Waals surface area contributed by atoms with E-state index in [1.54, 1.807) is 0 Å². The quantitative estimate of drug-likeness (QED) is 0.876. The summed E-state index contributed by atoms with van der Waals surface area (Å²) in [5.41, 5.74) is -0.694. The van der Waals surface area contributed by atoms with Gasteiger partial charge in [-0.25, -0.2) is 0 Å². The zero-order valence-corrected chi connectivity index (χ0v) is 9.63. The van der Waals surface area contributed by atoms with Gasteiger partial charge >= 0.3 is 12.1 Å². The number of aromatic amines is 1. The number of rotatable bonds is 2. The molecule has 3 nitrogen and oxygen atoms in total. The standard InChI is InChI=1S/C12H13F3N2O/c13-12(14,15)8-1-2-11(17-6-8)18-10-4-7-3-9(10)16-5-7/h1-2,6-7,9-10,16H,3-5H2/p+1/t7-,9+,10-/m1/s1. The van der Waals surface area contributed by atoms with Crippen LogP contribution in [0.25, 0.3) is 0 Å². The largest absolute Gasteiger partial charge is 0.439 e. The van der Waals surface area contributed by atoms with E-state index in [4.69, 9.17) is 4.74 Å². The van der Waals surface area contributed by atoms with E-state index < -0.39 is 11.7 Å². The van der Waals surface area contributed by atoms with Crippen molar-refractivity contribution in [1.29, 1.82) is 0 Å². The maximum absolute atomic E-state index is 12.4. The highest BCUT2D eigenvalue weighted by atomic mass is 19.4. The second-order valence-electron chi connectivity index (χ2n) is 4.95. The van der Waals surface area contributed by atoms with Crippen molar-refractivity contribution in [3.8, 4) is 5.88 Å². The molecule has 1 aliphatic heterocycles. The van der Waals surface area contributed by atoms with Crippen molar-refractivity contribution in [2.24, 2.45) is 5.92 Å². The molecule has 1 aromatic heterocycles. The number of nitrogens with one attached hydrogen (secondary N) is 2. The Morgan fingerprint density at radius 2 is 2.11 bits per heavy atom. The molecule has 0 unspecified atom stereocenters. The highest BCUT2D eigenvalue weighted by molar-refractivity contribution is 5.15. The zero-order chi connectivity index (χ0) is 12.8. The molecular weight excluding hydrogens is 245 g/mol. The lowest BCUT2D eigenvalue weighted by Crippen LogP contribution is -2.41. The van der Waals surface area contributed by atoms with E-state index >= 15 is 0 Å². The summed E-state index contributed by atoms with van der Waals surface area (Å²) in [7, 11) is 0. The van der Waals surface area contributed by atoms with Gasteiger partial charge in [0.15, 0.2) is 6.20 Å². The number of hydrogen-bond acceptors (Lipinski definition) is 2. The lowest BCUT2D eigenvalue weighted by Gasteiger charge is -2.21. The molecule has 3 rings (SSSR count). The minimum absolute atomic E-state index is 0.0664. The number of fused-ring (bicyclic) bond motifs is 2. The number of alkyl halides is 3. The van der Waals surface area contributed by atoms with E-state index in [-0.39, 0.29) is 6.10 Å². The molecule has 0 spiro atoms. The summed E-state index contributed by atoms with van der Waals surface area (Å²) in [6, 6.07) is 2.71. The maximum atomic E-state index is 12.4. The van der Waals surface area contributed by atoms with Crippen LogP contribution < -0.4 is 15.0 Å². The lowest BCUT2D eigenvalue weighted by atomic mass is 10.1. The lowest BCUT2D eigenvalue weighted by molar-refractivity contribution is -0.400. The summed E-state index contributed by atoms with van der Waals surface area (Å²) in [5.74, 6) is 1.04. The fraction of sp³-hybridized carbons (Fsp3) is 0.583. The number of piperidine rings is 1. The number of H-pyrrole nitrogens is 1. The summed E-state index contributed by atoms with van der Waals surface area (Å²) in [5, 5.41) is 3.34. The Balaban J connectivity index is 1.67. The summed E-state index contributed by atoms with van der Waals surface area (Å²) < 4.78 is 42.8. The summed E-state index contributed by atoms with van der Waals surface area (Å²) in [6.07, 6.45) is -1.23. The molecule has 2 heterocycles. The van der Waals surface area contributed by atoms with Crippen LogP contribution in [0.15, 0.2) is 18.3 Å². The van der Waals surface area contributed by atoms with E-state index in [0.717, 1.165) is 31.6 Å². The van der Waals surface area contributed by atoms with Gasteiger partial charge < -0.3 is 10.1 Å². The minimum atomic E-state index is -4.32. The van der Waals surface area contributed by atoms with Crippen LogP contribution in [0.3, 0.4) is 0 Å². The van der Waals surface area contributed by atoms with Crippen molar-refractivity contribution in [2.75, 3.05) is 6.54 Å². The van der Waals surface area contributed by atoms with Crippen LogP contribution in [-0.4, -0.2) is 18.7 Å². The molecule has 0 aromatic carbocycles. The third-order valence-corrected chi connectivity index (χ3v) is 3.66. The van der Waals surface area contributed by atoms with Crippen molar-refractivity contribution in [2.45, 2.75) is 31.2 Å². The van der Waals surface area contributed by atoms with E-state index in [1.807, 2.05) is 0 Å². The minimum Gasteiger partial charge on any atom is -0.439 e. The average molecular weight is 259 g/mol. The Labute approximate surface area is 102 Å². The molecule has 6 heteroatoms. The molecule has 1 aromatic rings. The van der Waals surface area contributed by atoms with Crippen molar-refractivity contribution in [1.82, 2.24) is 5.32 Å². The first-order valence-electron chi connectivity index (χ1n) is 6.01. The van der Waals surface area contributed by atoms with E-state index in [2.05, 4.69) is 10.3 Å². The normalized spacial score (nSPS) is 30.7. The van der Waals surface area contributed by atoms with Crippen LogP contribution in [0.2, 0.25) is 0 Å². The van der Waals surface area contributed by atoms with Crippen LogP contribution in [0.5, 0.6) is 5.88 Å². The second-order valence-corrected chi connectivity index (χ2v) is 4.95. The summed E-state index contributed by atoms with van der Waals surface area (Å²) in [4.78, 5) is 2.56. The smallest absolute Gasteiger partial charge is 0.422 e. The molecule has 18 heavy (non-hydrogen) atoms. The fourth-order valence-electron chi connectivity index (χ4n) is 2.75. The van der Waals surface area contributed by atoms with Gasteiger partial charge in [0.25, 0.3) is 0 Å². The third-order valence-electron chi connectivity index (χ3n) is 3.66. The van der Waals surface area contributed by atoms with Crippen molar-refractivity contribution >= 4 is 0 Å². The monoisotopic (exact) mass is 259 g/mol. The number of ether oxygens (including phenoxy) is 1. The Kier molecular flexibility index (Phi) is 2.69. The molecular formula is C12H14F3N2O+. The number of pyridine rings is 1. The van der Waals surface area contributed by atoms with Gasteiger partial charge in [-0.15, -0.1) is 0 Å². The summed E-state index contributed by atoms with van der Waals surface area (Å²) in [6.45, 7) is 1.03. The molecule has 0 amide bonds. The number of halogens is 3. The van der Waals surface area contributed by atoms with Gasteiger partial charge in [-0.3, -0.25) is 0 Å². The van der Waals surface area contributed by atoms with Crippen LogP contribution in [0.4, 0.5) is 13.2 Å². The number of hydrogen-bond donors (Lipinski definition) is 1. The first-order valence-corrected chi connectivity index (χ1v) is 6.01. The molecule has 98 valence electrons. The molecule has 2 aliphatic rings. The zero-order valence-electron chi connectivity index (χ0n) is 9.63. The predicted molar refractivity (Wildman–Crippen MR) is 56.9 cm³/mol.